The van der Waals surface area contributed by atoms with Crippen molar-refractivity contribution in [3.63, 3.8) is 0 Å². The average Bonchev–Trinajstić information content (AvgIpc) is 3.43. The van der Waals surface area contributed by atoms with E-state index >= 15 is 0 Å². The zero-order valence-corrected chi connectivity index (χ0v) is 20.1. The summed E-state index contributed by atoms with van der Waals surface area (Å²) in [5, 5.41) is 16.1. The summed E-state index contributed by atoms with van der Waals surface area (Å²) in [5.74, 6) is 0.919. The highest BCUT2D eigenvalue weighted by Gasteiger charge is 2.24. The molecule has 1 unspecified atom stereocenters. The molecule has 1 fully saturated rings. The van der Waals surface area contributed by atoms with Gasteiger partial charge in [0.15, 0.2) is 5.96 Å². The van der Waals surface area contributed by atoms with Gasteiger partial charge in [0.25, 0.3) is 0 Å². The first-order valence-corrected chi connectivity index (χ1v) is 10.9. The highest BCUT2D eigenvalue weighted by Crippen LogP contribution is 2.28. The topological polar surface area (TPSA) is 68.3 Å². The Morgan fingerprint density at radius 1 is 1.36 bits per heavy atom. The van der Waals surface area contributed by atoms with Crippen molar-refractivity contribution in [1.82, 2.24) is 25.7 Å². The fraction of sp³-hybridized carbons (Fsp3) is 0.600. The van der Waals surface area contributed by atoms with Crippen LogP contribution in [0.25, 0.3) is 0 Å². The summed E-state index contributed by atoms with van der Waals surface area (Å²) in [6, 6.07) is 4.79. The second-order valence-electron chi connectivity index (χ2n) is 7.04. The summed E-state index contributed by atoms with van der Waals surface area (Å²) in [4.78, 5) is 8.91. The van der Waals surface area contributed by atoms with Crippen LogP contribution in [0.5, 0.6) is 0 Å². The van der Waals surface area contributed by atoms with Gasteiger partial charge in [-0.25, -0.2) is 0 Å². The van der Waals surface area contributed by atoms with Gasteiger partial charge in [0.05, 0.1) is 18.8 Å². The average molecular weight is 516 g/mol. The third kappa shape index (κ3) is 6.73. The van der Waals surface area contributed by atoms with Gasteiger partial charge in [0.1, 0.15) is 0 Å². The van der Waals surface area contributed by atoms with Crippen LogP contribution >= 0.6 is 35.3 Å². The lowest BCUT2D eigenvalue weighted by molar-refractivity contribution is 0.255. The number of likely N-dealkylation sites (tertiary alicyclic amines) is 1. The van der Waals surface area contributed by atoms with E-state index in [0.717, 1.165) is 38.4 Å². The van der Waals surface area contributed by atoms with E-state index in [0.29, 0.717) is 6.04 Å². The van der Waals surface area contributed by atoms with E-state index in [-0.39, 0.29) is 24.0 Å². The van der Waals surface area contributed by atoms with Gasteiger partial charge in [-0.05, 0) is 69.6 Å². The van der Waals surface area contributed by atoms with Crippen molar-refractivity contribution < 1.29 is 0 Å². The highest BCUT2D eigenvalue weighted by molar-refractivity contribution is 14.0. The summed E-state index contributed by atoms with van der Waals surface area (Å²) in [6.07, 6.45) is 6.62. The number of H-pyrrole nitrogens is 1. The third-order valence-electron chi connectivity index (χ3n) is 5.07. The summed E-state index contributed by atoms with van der Waals surface area (Å²) < 4.78 is 0. The minimum absolute atomic E-state index is 0. The molecule has 0 bridgehead atoms. The first kappa shape index (κ1) is 23.2. The number of nitrogens with one attached hydrogen (secondary N) is 3. The van der Waals surface area contributed by atoms with Crippen molar-refractivity contribution >= 4 is 41.3 Å². The number of rotatable bonds is 9. The van der Waals surface area contributed by atoms with Gasteiger partial charge in [-0.15, -0.1) is 35.3 Å². The predicted octanol–water partition coefficient (Wildman–Crippen LogP) is 3.72. The van der Waals surface area contributed by atoms with Crippen LogP contribution in [-0.4, -0.2) is 53.8 Å². The first-order chi connectivity index (χ1) is 13.3. The molecule has 2 aromatic rings. The van der Waals surface area contributed by atoms with Gasteiger partial charge in [0.2, 0.25) is 0 Å². The summed E-state index contributed by atoms with van der Waals surface area (Å²) in [5.41, 5.74) is 2.46. The Morgan fingerprint density at radius 2 is 2.18 bits per heavy atom. The van der Waals surface area contributed by atoms with Crippen LogP contribution in [0.1, 0.15) is 48.4 Å². The molecule has 1 aliphatic rings. The maximum absolute atomic E-state index is 4.91. The van der Waals surface area contributed by atoms with Crippen molar-refractivity contribution in [2.45, 2.75) is 45.6 Å². The number of guanidine groups is 1. The quantitative estimate of drug-likeness (QED) is 0.206. The van der Waals surface area contributed by atoms with Crippen molar-refractivity contribution in [2.24, 2.45) is 4.99 Å². The van der Waals surface area contributed by atoms with E-state index in [1.165, 1.54) is 42.1 Å². The van der Waals surface area contributed by atoms with Gasteiger partial charge >= 0.3 is 0 Å². The number of aromatic amines is 1. The second-order valence-corrected chi connectivity index (χ2v) is 8.02. The van der Waals surface area contributed by atoms with Crippen LogP contribution in [0.15, 0.2) is 28.7 Å². The maximum Gasteiger partial charge on any atom is 0.191 e. The molecule has 28 heavy (non-hydrogen) atoms. The summed E-state index contributed by atoms with van der Waals surface area (Å²) in [7, 11) is 0. The Bertz CT molecular complexity index is 693. The van der Waals surface area contributed by atoms with Crippen LogP contribution in [-0.2, 0) is 6.42 Å². The highest BCUT2D eigenvalue weighted by atomic mass is 127. The third-order valence-corrected chi connectivity index (χ3v) is 6.04. The number of aromatic nitrogens is 2. The van der Waals surface area contributed by atoms with Crippen LogP contribution < -0.4 is 10.6 Å². The Hall–Kier alpha value is -1.13. The number of halogens is 1. The van der Waals surface area contributed by atoms with E-state index in [2.05, 4.69) is 57.1 Å². The lowest BCUT2D eigenvalue weighted by Gasteiger charge is -2.25. The molecule has 1 aliphatic heterocycles. The van der Waals surface area contributed by atoms with E-state index < -0.39 is 0 Å². The number of aliphatic imine (C=N–C) groups is 1. The van der Waals surface area contributed by atoms with E-state index in [1.807, 2.05) is 17.5 Å². The van der Waals surface area contributed by atoms with Gasteiger partial charge in [0, 0.05) is 23.7 Å². The Labute approximate surface area is 189 Å². The number of thiophene rings is 1. The smallest absolute Gasteiger partial charge is 0.191 e. The minimum atomic E-state index is 0. The van der Waals surface area contributed by atoms with Gasteiger partial charge < -0.3 is 10.6 Å². The SMILES string of the molecule is CCNC(=NCC(c1cccs1)N1CCCC1)NCCCc1cn[nH]c1C.I. The minimum Gasteiger partial charge on any atom is -0.357 e. The molecular formula is C20H33IN6S. The lowest BCUT2D eigenvalue weighted by Crippen LogP contribution is -2.39. The fourth-order valence-corrected chi connectivity index (χ4v) is 4.40. The van der Waals surface area contributed by atoms with Gasteiger partial charge in [-0.1, -0.05) is 6.07 Å². The molecule has 0 aromatic carbocycles. The molecule has 156 valence electrons. The monoisotopic (exact) mass is 516 g/mol. The molecule has 1 saturated heterocycles. The molecule has 3 rings (SSSR count). The lowest BCUT2D eigenvalue weighted by atomic mass is 10.1. The Balaban J connectivity index is 0.00000280. The molecule has 0 saturated carbocycles. The van der Waals surface area contributed by atoms with Gasteiger partial charge in [-0.2, -0.15) is 5.10 Å². The van der Waals surface area contributed by atoms with Crippen LogP contribution in [0, 0.1) is 6.92 Å². The second kappa shape index (κ2) is 12.4. The molecule has 0 spiro atoms. The largest absolute Gasteiger partial charge is 0.357 e. The zero-order chi connectivity index (χ0) is 18.9. The standard InChI is InChI=1S/C20H32N6S.HI/c1-3-21-20(22-10-6-8-17-14-24-25-16(17)2)23-15-18(19-9-7-13-27-19)26-11-4-5-12-26;/h7,9,13-14,18H,3-6,8,10-12,15H2,1-2H3,(H,24,25)(H2,21,22,23);1H. The Morgan fingerprint density at radius 3 is 2.82 bits per heavy atom. The molecule has 6 nitrogen and oxygen atoms in total. The van der Waals surface area contributed by atoms with E-state index in [9.17, 15) is 0 Å². The van der Waals surface area contributed by atoms with Crippen molar-refractivity contribution in [3.8, 4) is 0 Å². The number of hydrogen-bond acceptors (Lipinski definition) is 4. The van der Waals surface area contributed by atoms with Crippen molar-refractivity contribution in [2.75, 3.05) is 32.7 Å². The Kier molecular flexibility index (Phi) is 10.3. The van der Waals surface area contributed by atoms with Gasteiger partial charge in [-0.3, -0.25) is 15.0 Å². The molecule has 8 heteroatoms. The summed E-state index contributed by atoms with van der Waals surface area (Å²) >= 11 is 1.84. The van der Waals surface area contributed by atoms with Crippen LogP contribution in [0.3, 0.4) is 0 Å². The number of aryl methyl sites for hydroxylation is 2. The summed E-state index contributed by atoms with van der Waals surface area (Å²) in [6.45, 7) is 9.15. The maximum atomic E-state index is 4.91. The van der Waals surface area contributed by atoms with E-state index in [1.54, 1.807) is 0 Å². The molecule has 3 heterocycles. The molecule has 2 aromatic heterocycles. The van der Waals surface area contributed by atoms with Crippen molar-refractivity contribution in [3.05, 3.63) is 39.8 Å². The molecule has 1 atom stereocenters. The molecule has 0 aliphatic carbocycles. The normalized spacial score (nSPS) is 16.0. The fourth-order valence-electron chi connectivity index (χ4n) is 3.55. The predicted molar refractivity (Wildman–Crippen MR) is 129 cm³/mol. The van der Waals surface area contributed by atoms with Crippen LogP contribution in [0.2, 0.25) is 0 Å². The molecule has 0 radical (unpaired) electrons. The van der Waals surface area contributed by atoms with Crippen LogP contribution in [0.4, 0.5) is 0 Å². The number of hydrogen-bond donors (Lipinski definition) is 3. The van der Waals surface area contributed by atoms with Crippen molar-refractivity contribution in [1.29, 1.82) is 0 Å². The molecule has 0 amide bonds. The molecule has 3 N–H and O–H groups in total. The number of nitrogens with zero attached hydrogens (tertiary/aromatic N) is 3. The first-order valence-electron chi connectivity index (χ1n) is 10.1. The molecular weight excluding hydrogens is 483 g/mol. The zero-order valence-electron chi connectivity index (χ0n) is 16.9. The van der Waals surface area contributed by atoms with E-state index in [4.69, 9.17) is 4.99 Å².